The highest BCUT2D eigenvalue weighted by atomic mass is 16.7. The first-order valence-electron chi connectivity index (χ1n) is 7.08. The van der Waals surface area contributed by atoms with Crippen LogP contribution in [0.4, 0.5) is 0 Å². The van der Waals surface area contributed by atoms with E-state index >= 15 is 0 Å². The second kappa shape index (κ2) is 7.63. The van der Waals surface area contributed by atoms with Crippen molar-refractivity contribution in [1.29, 1.82) is 0 Å². The molecule has 0 saturated carbocycles. The van der Waals surface area contributed by atoms with Gasteiger partial charge in [-0.25, -0.2) is 0 Å². The summed E-state index contributed by atoms with van der Waals surface area (Å²) < 4.78 is 15.3. The van der Waals surface area contributed by atoms with E-state index in [1.54, 1.807) is 0 Å². The predicted octanol–water partition coefficient (Wildman–Crippen LogP) is -5.40. The van der Waals surface area contributed by atoms with E-state index in [0.29, 0.717) is 0 Å². The third kappa shape index (κ3) is 3.65. The molecule has 0 aliphatic carbocycles. The molecule has 0 amide bonds. The first-order valence-corrected chi connectivity index (χ1v) is 7.08. The topological polar surface area (TPSA) is 190 Å². The Morgan fingerprint density at radius 3 is 1.83 bits per heavy atom. The summed E-state index contributed by atoms with van der Waals surface area (Å²) in [5.41, 5.74) is 0. The Hall–Kier alpha value is -0.440. The summed E-state index contributed by atoms with van der Waals surface area (Å²) in [4.78, 5) is 0. The molecule has 11 nitrogen and oxygen atoms in total. The van der Waals surface area contributed by atoms with Crippen LogP contribution < -0.4 is 0 Å². The fourth-order valence-electron chi connectivity index (χ4n) is 2.57. The Kier molecular flexibility index (Phi) is 6.27. The van der Waals surface area contributed by atoms with Crippen LogP contribution in [-0.2, 0) is 14.2 Å². The van der Waals surface area contributed by atoms with E-state index in [9.17, 15) is 35.7 Å². The van der Waals surface area contributed by atoms with E-state index in [0.717, 1.165) is 0 Å². The van der Waals surface area contributed by atoms with Gasteiger partial charge in [-0.1, -0.05) is 0 Å². The molecule has 2 fully saturated rings. The Labute approximate surface area is 130 Å². The fourth-order valence-corrected chi connectivity index (χ4v) is 2.57. The number of hydrogen-bond donors (Lipinski definition) is 8. The first-order chi connectivity index (χ1) is 10.8. The number of aliphatic hydroxyl groups is 8. The Balaban J connectivity index is 2.11. The van der Waals surface area contributed by atoms with Gasteiger partial charge in [-0.2, -0.15) is 0 Å². The molecule has 11 heteroatoms. The van der Waals surface area contributed by atoms with Crippen LogP contribution in [0.2, 0.25) is 0 Å². The van der Waals surface area contributed by atoms with Crippen molar-refractivity contribution in [1.82, 2.24) is 0 Å². The smallest absolute Gasteiger partial charge is 0.187 e. The van der Waals surface area contributed by atoms with E-state index in [4.69, 9.17) is 19.3 Å². The summed E-state index contributed by atoms with van der Waals surface area (Å²) in [5, 5.41) is 76.5. The van der Waals surface area contributed by atoms with Gasteiger partial charge in [-0.15, -0.1) is 0 Å². The van der Waals surface area contributed by atoms with Crippen molar-refractivity contribution in [3.8, 4) is 0 Å². The Morgan fingerprint density at radius 2 is 1.26 bits per heavy atom. The first kappa shape index (κ1) is 18.9. The second-order valence-corrected chi connectivity index (χ2v) is 5.53. The lowest BCUT2D eigenvalue weighted by atomic mass is 9.97. The standard InChI is InChI=1S/C12H22O11/c13-1-3-5(15)6(16)9(19)12(22-3)23-10-4(2-14)21-11(20)8(18)7(10)17/h3-20H,1-2H2/t3-,4-,5-,6+,7-,8+,9-,10-,11+,12-/m1/s1. The molecule has 2 heterocycles. The number of rotatable bonds is 4. The summed E-state index contributed by atoms with van der Waals surface area (Å²) in [7, 11) is 0. The molecule has 8 N–H and O–H groups in total. The lowest BCUT2D eigenvalue weighted by molar-refractivity contribution is -0.355. The molecule has 2 aliphatic rings. The molecule has 0 unspecified atom stereocenters. The van der Waals surface area contributed by atoms with Crippen molar-refractivity contribution in [2.24, 2.45) is 0 Å². The number of hydrogen-bond acceptors (Lipinski definition) is 11. The largest absolute Gasteiger partial charge is 0.394 e. The molecule has 0 aromatic rings. The van der Waals surface area contributed by atoms with Gasteiger partial charge in [-0.3, -0.25) is 0 Å². The maximum Gasteiger partial charge on any atom is 0.187 e. The molecule has 0 radical (unpaired) electrons. The van der Waals surface area contributed by atoms with E-state index in [-0.39, 0.29) is 0 Å². The van der Waals surface area contributed by atoms with Crippen LogP contribution in [0.25, 0.3) is 0 Å². The third-order valence-electron chi connectivity index (χ3n) is 3.98. The molecule has 2 aliphatic heterocycles. The molecule has 0 aromatic heterocycles. The van der Waals surface area contributed by atoms with Crippen molar-refractivity contribution in [3.05, 3.63) is 0 Å². The molecular weight excluding hydrogens is 320 g/mol. The summed E-state index contributed by atoms with van der Waals surface area (Å²) in [5.74, 6) is 0. The zero-order chi connectivity index (χ0) is 17.3. The zero-order valence-corrected chi connectivity index (χ0v) is 12.0. The van der Waals surface area contributed by atoms with Gasteiger partial charge in [0, 0.05) is 0 Å². The summed E-state index contributed by atoms with van der Waals surface area (Å²) in [6.45, 7) is -1.35. The second-order valence-electron chi connectivity index (χ2n) is 5.53. The Morgan fingerprint density at radius 1 is 0.652 bits per heavy atom. The van der Waals surface area contributed by atoms with Crippen LogP contribution in [0, 0.1) is 0 Å². The minimum absolute atomic E-state index is 0.667. The van der Waals surface area contributed by atoms with Crippen LogP contribution in [0.3, 0.4) is 0 Å². The lowest BCUT2D eigenvalue weighted by Crippen LogP contribution is -2.64. The minimum atomic E-state index is -1.74. The molecule has 136 valence electrons. The highest BCUT2D eigenvalue weighted by Gasteiger charge is 2.50. The van der Waals surface area contributed by atoms with Crippen LogP contribution in [0.15, 0.2) is 0 Å². The number of ether oxygens (including phenoxy) is 3. The molecule has 0 spiro atoms. The van der Waals surface area contributed by atoms with Gasteiger partial charge >= 0.3 is 0 Å². The molecule has 2 rings (SSSR count). The van der Waals surface area contributed by atoms with Crippen molar-refractivity contribution in [2.75, 3.05) is 13.2 Å². The Bertz CT molecular complexity index is 378. The van der Waals surface area contributed by atoms with Crippen LogP contribution >= 0.6 is 0 Å². The average molecular weight is 342 g/mol. The predicted molar refractivity (Wildman–Crippen MR) is 68.6 cm³/mol. The van der Waals surface area contributed by atoms with Crippen molar-refractivity contribution >= 4 is 0 Å². The summed E-state index contributed by atoms with van der Waals surface area (Å²) >= 11 is 0. The average Bonchev–Trinajstić information content (AvgIpc) is 2.55. The highest BCUT2D eigenvalue weighted by Crippen LogP contribution is 2.28. The number of aliphatic hydroxyl groups excluding tert-OH is 8. The van der Waals surface area contributed by atoms with Gasteiger partial charge in [-0.05, 0) is 0 Å². The quantitative estimate of drug-likeness (QED) is 0.243. The minimum Gasteiger partial charge on any atom is -0.394 e. The zero-order valence-electron chi connectivity index (χ0n) is 12.0. The molecule has 10 atom stereocenters. The summed E-state index contributed by atoms with van der Waals surface area (Å²) in [6.07, 6.45) is -15.6. The molecular formula is C12H22O11. The molecule has 2 saturated heterocycles. The van der Waals surface area contributed by atoms with E-state index in [1.165, 1.54) is 0 Å². The van der Waals surface area contributed by atoms with Crippen LogP contribution in [0.5, 0.6) is 0 Å². The monoisotopic (exact) mass is 342 g/mol. The van der Waals surface area contributed by atoms with Gasteiger partial charge < -0.3 is 55.1 Å². The van der Waals surface area contributed by atoms with E-state index in [2.05, 4.69) is 0 Å². The SMILES string of the molecule is OC[C@H]1O[C@H](O[C@H]2[C@H](O)[C@H](O)[C@@H](O)O[C@@H]2CO)[C@H](O)[C@@H](O)[C@@H]1O. The molecule has 0 bridgehead atoms. The van der Waals surface area contributed by atoms with Crippen LogP contribution in [0.1, 0.15) is 0 Å². The van der Waals surface area contributed by atoms with Gasteiger partial charge in [0.05, 0.1) is 13.2 Å². The summed E-state index contributed by atoms with van der Waals surface area (Å²) in [6, 6.07) is 0. The van der Waals surface area contributed by atoms with E-state index < -0.39 is 74.6 Å². The third-order valence-corrected chi connectivity index (χ3v) is 3.98. The van der Waals surface area contributed by atoms with Gasteiger partial charge in [0.25, 0.3) is 0 Å². The molecule has 0 aromatic carbocycles. The van der Waals surface area contributed by atoms with Crippen molar-refractivity contribution in [3.63, 3.8) is 0 Å². The fraction of sp³-hybridized carbons (Fsp3) is 1.00. The maximum atomic E-state index is 9.94. The van der Waals surface area contributed by atoms with E-state index in [1.807, 2.05) is 0 Å². The van der Waals surface area contributed by atoms with Crippen LogP contribution in [-0.4, -0.2) is 115 Å². The normalized spacial score (nSPS) is 51.7. The maximum absolute atomic E-state index is 9.94. The lowest BCUT2D eigenvalue weighted by Gasteiger charge is -2.45. The molecule has 23 heavy (non-hydrogen) atoms. The van der Waals surface area contributed by atoms with Gasteiger partial charge in [0.15, 0.2) is 12.6 Å². The highest BCUT2D eigenvalue weighted by molar-refractivity contribution is 4.93. The van der Waals surface area contributed by atoms with Gasteiger partial charge in [0.1, 0.15) is 48.8 Å². The van der Waals surface area contributed by atoms with Crippen molar-refractivity contribution < 1.29 is 55.1 Å². The van der Waals surface area contributed by atoms with Crippen molar-refractivity contribution in [2.45, 2.75) is 61.4 Å². The van der Waals surface area contributed by atoms with Gasteiger partial charge in [0.2, 0.25) is 0 Å².